The fourth-order valence-electron chi connectivity index (χ4n) is 1.40. The predicted molar refractivity (Wildman–Crippen MR) is 66.8 cm³/mol. The van der Waals surface area contributed by atoms with E-state index >= 15 is 0 Å². The smallest absolute Gasteiger partial charge is 0.263 e. The van der Waals surface area contributed by atoms with E-state index in [9.17, 15) is 8.42 Å². The molecule has 7 nitrogen and oxygen atoms in total. The van der Waals surface area contributed by atoms with Gasteiger partial charge in [0.2, 0.25) is 0 Å². The molecule has 0 bridgehead atoms. The van der Waals surface area contributed by atoms with Gasteiger partial charge in [-0.25, -0.2) is 8.42 Å². The number of nitrogen functional groups attached to an aromatic ring is 1. The number of nitrogens with one attached hydrogen (secondary N) is 2. The van der Waals surface area contributed by atoms with Gasteiger partial charge in [0.25, 0.3) is 10.0 Å². The molecule has 0 atom stereocenters. The summed E-state index contributed by atoms with van der Waals surface area (Å²) in [6.07, 6.45) is 1.44. The molecule has 8 heteroatoms. The van der Waals surface area contributed by atoms with Gasteiger partial charge >= 0.3 is 0 Å². The third kappa shape index (κ3) is 2.38. The number of benzene rings is 1. The van der Waals surface area contributed by atoms with Crippen molar-refractivity contribution >= 4 is 21.5 Å². The summed E-state index contributed by atoms with van der Waals surface area (Å²) in [5, 5.41) is 6.15. The lowest BCUT2D eigenvalue weighted by atomic mass is 10.3. The van der Waals surface area contributed by atoms with E-state index in [2.05, 4.69) is 14.9 Å². The van der Waals surface area contributed by atoms with Crippen molar-refractivity contribution in [2.75, 3.05) is 17.6 Å². The molecule has 0 saturated carbocycles. The molecule has 0 radical (unpaired) electrons. The van der Waals surface area contributed by atoms with Crippen LogP contribution in [0.3, 0.4) is 0 Å². The number of H-pyrrole nitrogens is 1. The second-order valence-corrected chi connectivity index (χ2v) is 5.16. The van der Waals surface area contributed by atoms with E-state index in [1.165, 1.54) is 37.6 Å². The largest absolute Gasteiger partial charge is 0.495 e. The minimum Gasteiger partial charge on any atom is -0.495 e. The van der Waals surface area contributed by atoms with E-state index < -0.39 is 10.0 Å². The van der Waals surface area contributed by atoms with Gasteiger partial charge in [0.05, 0.1) is 23.9 Å². The van der Waals surface area contributed by atoms with Crippen LogP contribution < -0.4 is 15.2 Å². The van der Waals surface area contributed by atoms with Crippen molar-refractivity contribution in [3.63, 3.8) is 0 Å². The van der Waals surface area contributed by atoms with Crippen molar-refractivity contribution in [1.82, 2.24) is 10.2 Å². The SMILES string of the molecule is COc1ccc(S(=O)(=O)Nc2ccn[nH]2)cc1N. The Kier molecular flexibility index (Phi) is 3.11. The van der Waals surface area contributed by atoms with Crippen LogP contribution in [0.5, 0.6) is 5.75 Å². The number of hydrogen-bond donors (Lipinski definition) is 3. The molecule has 4 N–H and O–H groups in total. The van der Waals surface area contributed by atoms with Crippen molar-refractivity contribution in [2.24, 2.45) is 0 Å². The van der Waals surface area contributed by atoms with Gasteiger partial charge in [-0.05, 0) is 18.2 Å². The number of methoxy groups -OCH3 is 1. The molecule has 0 saturated heterocycles. The Hall–Kier alpha value is -2.22. The lowest BCUT2D eigenvalue weighted by Gasteiger charge is -2.08. The summed E-state index contributed by atoms with van der Waals surface area (Å²) in [4.78, 5) is 0.0513. The molecule has 0 aliphatic carbocycles. The quantitative estimate of drug-likeness (QED) is 0.710. The molecule has 1 aromatic carbocycles. The predicted octanol–water partition coefficient (Wildman–Crippen LogP) is 0.801. The first-order valence-corrected chi connectivity index (χ1v) is 6.47. The van der Waals surface area contributed by atoms with Crippen LogP contribution >= 0.6 is 0 Å². The standard InChI is InChI=1S/C10H12N4O3S/c1-17-9-3-2-7(6-8(9)11)18(15,16)14-10-4-5-12-13-10/h2-6H,11H2,1H3,(H2,12,13,14). The molecule has 1 aromatic heterocycles. The molecule has 0 amide bonds. The van der Waals surface area contributed by atoms with E-state index in [1.54, 1.807) is 0 Å². The fraction of sp³-hybridized carbons (Fsp3) is 0.100. The van der Waals surface area contributed by atoms with Crippen molar-refractivity contribution in [3.05, 3.63) is 30.5 Å². The Balaban J connectivity index is 2.33. The number of nitrogens with zero attached hydrogens (tertiary/aromatic N) is 1. The molecule has 0 unspecified atom stereocenters. The van der Waals surface area contributed by atoms with Crippen LogP contribution in [0.4, 0.5) is 11.5 Å². The molecule has 0 spiro atoms. The number of aromatic amines is 1. The summed E-state index contributed by atoms with van der Waals surface area (Å²) < 4.78 is 31.3. The monoisotopic (exact) mass is 268 g/mol. The Morgan fingerprint density at radius 2 is 2.17 bits per heavy atom. The summed E-state index contributed by atoms with van der Waals surface area (Å²) in [5.41, 5.74) is 5.92. The van der Waals surface area contributed by atoms with E-state index in [4.69, 9.17) is 10.5 Å². The number of aromatic nitrogens is 2. The minimum absolute atomic E-state index is 0.0513. The molecule has 2 aromatic rings. The van der Waals surface area contributed by atoms with Crippen LogP contribution in [0.1, 0.15) is 0 Å². The molecule has 0 fully saturated rings. The lowest BCUT2D eigenvalue weighted by Crippen LogP contribution is -2.13. The Morgan fingerprint density at radius 1 is 1.39 bits per heavy atom. The normalized spacial score (nSPS) is 11.2. The number of nitrogens with two attached hydrogens (primary N) is 1. The van der Waals surface area contributed by atoms with Crippen molar-refractivity contribution < 1.29 is 13.2 Å². The van der Waals surface area contributed by atoms with Gasteiger partial charge in [0, 0.05) is 6.07 Å². The first kappa shape index (κ1) is 12.2. The van der Waals surface area contributed by atoms with Crippen LogP contribution in [-0.2, 0) is 10.0 Å². The molecule has 96 valence electrons. The van der Waals surface area contributed by atoms with Gasteiger partial charge in [-0.15, -0.1) is 0 Å². The topological polar surface area (TPSA) is 110 Å². The molecular formula is C10H12N4O3S. The van der Waals surface area contributed by atoms with E-state index in [0.29, 0.717) is 5.75 Å². The second-order valence-electron chi connectivity index (χ2n) is 3.48. The van der Waals surface area contributed by atoms with E-state index in [1.807, 2.05) is 0 Å². The zero-order valence-corrected chi connectivity index (χ0v) is 10.4. The second kappa shape index (κ2) is 4.57. The van der Waals surface area contributed by atoms with Crippen LogP contribution in [0.15, 0.2) is 35.4 Å². The molecule has 18 heavy (non-hydrogen) atoms. The van der Waals surface area contributed by atoms with Crippen molar-refractivity contribution in [1.29, 1.82) is 0 Å². The zero-order valence-electron chi connectivity index (χ0n) is 9.54. The lowest BCUT2D eigenvalue weighted by molar-refractivity contribution is 0.416. The first-order valence-electron chi connectivity index (χ1n) is 4.98. The maximum atomic E-state index is 12.0. The zero-order chi connectivity index (χ0) is 13.2. The van der Waals surface area contributed by atoms with Gasteiger partial charge in [0.1, 0.15) is 11.6 Å². The highest BCUT2D eigenvalue weighted by atomic mass is 32.2. The summed E-state index contributed by atoms with van der Waals surface area (Å²) in [6, 6.07) is 5.74. The highest BCUT2D eigenvalue weighted by molar-refractivity contribution is 7.92. The summed E-state index contributed by atoms with van der Waals surface area (Å²) in [7, 11) is -2.23. The molecule has 0 aliphatic heterocycles. The van der Waals surface area contributed by atoms with Crippen LogP contribution in [0, 0.1) is 0 Å². The van der Waals surface area contributed by atoms with E-state index in [-0.39, 0.29) is 16.4 Å². The van der Waals surface area contributed by atoms with Crippen LogP contribution in [0.2, 0.25) is 0 Å². The molecule has 0 aliphatic rings. The molecular weight excluding hydrogens is 256 g/mol. The van der Waals surface area contributed by atoms with Gasteiger partial charge in [0.15, 0.2) is 0 Å². The maximum Gasteiger partial charge on any atom is 0.263 e. The van der Waals surface area contributed by atoms with Gasteiger partial charge < -0.3 is 10.5 Å². The average Bonchev–Trinajstić information content (AvgIpc) is 2.81. The summed E-state index contributed by atoms with van der Waals surface area (Å²) >= 11 is 0. The van der Waals surface area contributed by atoms with Gasteiger partial charge in [-0.1, -0.05) is 0 Å². The third-order valence-corrected chi connectivity index (χ3v) is 3.62. The average molecular weight is 268 g/mol. The van der Waals surface area contributed by atoms with Crippen LogP contribution in [0.25, 0.3) is 0 Å². The van der Waals surface area contributed by atoms with Crippen molar-refractivity contribution in [2.45, 2.75) is 4.90 Å². The van der Waals surface area contributed by atoms with Crippen molar-refractivity contribution in [3.8, 4) is 5.75 Å². The summed E-state index contributed by atoms with van der Waals surface area (Å²) in [6.45, 7) is 0. The number of ether oxygens (including phenoxy) is 1. The number of anilines is 2. The summed E-state index contributed by atoms with van der Waals surface area (Å²) in [5.74, 6) is 0.708. The number of sulfonamides is 1. The molecule has 2 rings (SSSR count). The molecule has 1 heterocycles. The maximum absolute atomic E-state index is 12.0. The minimum atomic E-state index is -3.69. The van der Waals surface area contributed by atoms with Gasteiger partial charge in [-0.3, -0.25) is 9.82 Å². The van der Waals surface area contributed by atoms with E-state index in [0.717, 1.165) is 0 Å². The van der Waals surface area contributed by atoms with Crippen LogP contribution in [-0.4, -0.2) is 25.7 Å². The Bertz CT molecular complexity index is 637. The van der Waals surface area contributed by atoms with Gasteiger partial charge in [-0.2, -0.15) is 5.10 Å². The number of rotatable bonds is 4. The first-order chi connectivity index (χ1) is 8.53. The highest BCUT2D eigenvalue weighted by Crippen LogP contribution is 2.25. The fourth-order valence-corrected chi connectivity index (χ4v) is 2.45. The highest BCUT2D eigenvalue weighted by Gasteiger charge is 2.16. The Morgan fingerprint density at radius 3 is 2.72 bits per heavy atom. The number of hydrogen-bond acceptors (Lipinski definition) is 5. The Labute approximate surface area is 104 Å². The third-order valence-electron chi connectivity index (χ3n) is 2.26.